The van der Waals surface area contributed by atoms with E-state index in [-0.39, 0.29) is 24.7 Å². The minimum absolute atomic E-state index is 0.218. The molecule has 26 heavy (non-hydrogen) atoms. The van der Waals surface area contributed by atoms with Crippen LogP contribution in [-0.4, -0.2) is 29.3 Å². The van der Waals surface area contributed by atoms with Crippen LogP contribution >= 0.6 is 22.7 Å². The van der Waals surface area contributed by atoms with E-state index in [2.05, 4.69) is 10.3 Å². The predicted molar refractivity (Wildman–Crippen MR) is 102 cm³/mol. The van der Waals surface area contributed by atoms with Crippen molar-refractivity contribution in [3.63, 3.8) is 0 Å². The van der Waals surface area contributed by atoms with Gasteiger partial charge in [-0.05, 0) is 32.0 Å². The number of thiazole rings is 1. The van der Waals surface area contributed by atoms with Crippen LogP contribution < -0.4 is 5.32 Å². The molecule has 0 saturated carbocycles. The molecule has 3 aromatic rings. The molecule has 0 saturated heterocycles. The summed E-state index contributed by atoms with van der Waals surface area (Å²) in [5, 5.41) is 3.49. The van der Waals surface area contributed by atoms with E-state index in [1.807, 2.05) is 31.2 Å². The first-order valence-electron chi connectivity index (χ1n) is 7.94. The van der Waals surface area contributed by atoms with Crippen molar-refractivity contribution in [3.05, 3.63) is 45.8 Å². The first-order chi connectivity index (χ1) is 12.5. The standard InChI is InChI=1S/C18H16N2O4S2/c1-3-24-15(22)9-13(21)11-8-10(2)25-17(11)20-16(23)18-19-12-6-4-5-7-14(12)26-18/h4-8H,3,9H2,1-2H3,(H,20,23). The van der Waals surface area contributed by atoms with Gasteiger partial charge in [0.25, 0.3) is 5.91 Å². The van der Waals surface area contributed by atoms with E-state index in [1.54, 1.807) is 13.0 Å². The molecule has 0 aliphatic heterocycles. The molecule has 0 aliphatic rings. The SMILES string of the molecule is CCOC(=O)CC(=O)c1cc(C)sc1NC(=O)c1nc2ccccc2s1. The lowest BCUT2D eigenvalue weighted by Crippen LogP contribution is -2.15. The number of amides is 1. The molecule has 0 aliphatic carbocycles. The lowest BCUT2D eigenvalue weighted by Gasteiger charge is -2.04. The van der Waals surface area contributed by atoms with Gasteiger partial charge in [0.2, 0.25) is 0 Å². The number of rotatable bonds is 6. The smallest absolute Gasteiger partial charge is 0.313 e. The lowest BCUT2D eigenvalue weighted by molar-refractivity contribution is -0.141. The van der Waals surface area contributed by atoms with Gasteiger partial charge in [-0.3, -0.25) is 14.4 Å². The quantitative estimate of drug-likeness (QED) is 0.391. The number of ether oxygens (including phenoxy) is 1. The zero-order chi connectivity index (χ0) is 18.7. The maximum absolute atomic E-state index is 12.5. The Morgan fingerprint density at radius 2 is 1.96 bits per heavy atom. The fourth-order valence-electron chi connectivity index (χ4n) is 2.38. The third-order valence-electron chi connectivity index (χ3n) is 3.48. The van der Waals surface area contributed by atoms with Crippen LogP contribution in [0, 0.1) is 6.92 Å². The summed E-state index contributed by atoms with van der Waals surface area (Å²) in [4.78, 5) is 41.6. The minimum atomic E-state index is -0.579. The Labute approximate surface area is 157 Å². The number of aromatic nitrogens is 1. The van der Waals surface area contributed by atoms with Gasteiger partial charge in [-0.25, -0.2) is 4.98 Å². The number of nitrogens with zero attached hydrogens (tertiary/aromatic N) is 1. The average Bonchev–Trinajstić information content (AvgIpc) is 3.18. The molecule has 0 atom stereocenters. The molecule has 6 nitrogen and oxygen atoms in total. The Morgan fingerprint density at radius 3 is 2.69 bits per heavy atom. The topological polar surface area (TPSA) is 85.4 Å². The van der Waals surface area contributed by atoms with Crippen molar-refractivity contribution < 1.29 is 19.1 Å². The molecule has 2 heterocycles. The number of hydrogen-bond donors (Lipinski definition) is 1. The van der Waals surface area contributed by atoms with Gasteiger partial charge < -0.3 is 10.1 Å². The maximum Gasteiger partial charge on any atom is 0.313 e. The van der Waals surface area contributed by atoms with Gasteiger partial charge in [0.1, 0.15) is 11.4 Å². The second-order valence-corrected chi connectivity index (χ2v) is 7.73. The third kappa shape index (κ3) is 3.97. The number of benzene rings is 1. The summed E-state index contributed by atoms with van der Waals surface area (Å²) in [6.07, 6.45) is -0.353. The largest absolute Gasteiger partial charge is 0.466 e. The van der Waals surface area contributed by atoms with Gasteiger partial charge in [0.05, 0.1) is 22.4 Å². The zero-order valence-corrected chi connectivity index (χ0v) is 15.8. The molecule has 0 spiro atoms. The molecule has 1 N–H and O–H groups in total. The van der Waals surface area contributed by atoms with Crippen LogP contribution in [0.1, 0.15) is 38.4 Å². The number of thiophene rings is 1. The van der Waals surface area contributed by atoms with Gasteiger partial charge in [0, 0.05) is 4.88 Å². The van der Waals surface area contributed by atoms with Gasteiger partial charge >= 0.3 is 5.97 Å². The Kier molecular flexibility index (Phi) is 5.43. The Balaban J connectivity index is 1.80. The number of anilines is 1. The van der Waals surface area contributed by atoms with Gasteiger partial charge in [-0.2, -0.15) is 0 Å². The van der Waals surface area contributed by atoms with E-state index in [0.717, 1.165) is 15.1 Å². The Bertz CT molecular complexity index is 957. The van der Waals surface area contributed by atoms with Crippen molar-refractivity contribution in [2.45, 2.75) is 20.3 Å². The fraction of sp³-hybridized carbons (Fsp3) is 0.222. The highest BCUT2D eigenvalue weighted by molar-refractivity contribution is 7.20. The Morgan fingerprint density at radius 1 is 1.19 bits per heavy atom. The van der Waals surface area contributed by atoms with Crippen molar-refractivity contribution in [2.24, 2.45) is 0 Å². The lowest BCUT2D eigenvalue weighted by atomic mass is 10.1. The number of carbonyl (C=O) groups excluding carboxylic acids is 3. The van der Waals surface area contributed by atoms with Crippen LogP contribution in [0.4, 0.5) is 5.00 Å². The molecule has 0 radical (unpaired) electrons. The fourth-order valence-corrected chi connectivity index (χ4v) is 4.16. The van der Waals surface area contributed by atoms with Crippen molar-refractivity contribution in [1.29, 1.82) is 0 Å². The van der Waals surface area contributed by atoms with Crippen molar-refractivity contribution in [1.82, 2.24) is 4.98 Å². The van der Waals surface area contributed by atoms with E-state index < -0.39 is 5.97 Å². The van der Waals surface area contributed by atoms with E-state index in [0.29, 0.717) is 15.6 Å². The molecule has 8 heteroatoms. The van der Waals surface area contributed by atoms with Crippen LogP contribution in [0.2, 0.25) is 0 Å². The third-order valence-corrected chi connectivity index (χ3v) is 5.48. The first kappa shape index (κ1) is 18.2. The summed E-state index contributed by atoms with van der Waals surface area (Å²) in [6.45, 7) is 3.73. The summed E-state index contributed by atoms with van der Waals surface area (Å²) in [5.41, 5.74) is 1.07. The Hall–Kier alpha value is -2.58. The normalized spacial score (nSPS) is 10.7. The molecular formula is C18H16N2O4S2. The number of carbonyl (C=O) groups is 3. The van der Waals surface area contributed by atoms with Gasteiger partial charge in [-0.15, -0.1) is 22.7 Å². The maximum atomic E-state index is 12.5. The van der Waals surface area contributed by atoms with Crippen molar-refractivity contribution in [2.75, 3.05) is 11.9 Å². The summed E-state index contributed by atoms with van der Waals surface area (Å²) < 4.78 is 5.73. The number of nitrogens with one attached hydrogen (secondary N) is 1. The van der Waals surface area contributed by atoms with Crippen LogP contribution in [0.5, 0.6) is 0 Å². The van der Waals surface area contributed by atoms with E-state index in [4.69, 9.17) is 4.74 Å². The molecule has 3 rings (SSSR count). The molecular weight excluding hydrogens is 372 g/mol. The zero-order valence-electron chi connectivity index (χ0n) is 14.2. The number of fused-ring (bicyclic) bond motifs is 1. The highest BCUT2D eigenvalue weighted by atomic mass is 32.1. The van der Waals surface area contributed by atoms with Crippen molar-refractivity contribution in [3.8, 4) is 0 Å². The van der Waals surface area contributed by atoms with Crippen LogP contribution in [0.3, 0.4) is 0 Å². The molecule has 0 bridgehead atoms. The number of para-hydroxylation sites is 1. The molecule has 0 fully saturated rings. The number of esters is 1. The van der Waals surface area contributed by atoms with E-state index in [1.165, 1.54) is 22.7 Å². The molecule has 2 aromatic heterocycles. The highest BCUT2D eigenvalue weighted by Crippen LogP contribution is 2.30. The molecule has 1 amide bonds. The van der Waals surface area contributed by atoms with E-state index in [9.17, 15) is 14.4 Å². The number of ketones is 1. The van der Waals surface area contributed by atoms with Crippen molar-refractivity contribution >= 4 is 55.6 Å². The van der Waals surface area contributed by atoms with E-state index >= 15 is 0 Å². The number of aryl methyl sites for hydroxylation is 1. The molecule has 134 valence electrons. The van der Waals surface area contributed by atoms with Crippen LogP contribution in [-0.2, 0) is 9.53 Å². The second-order valence-electron chi connectivity index (χ2n) is 5.45. The molecule has 1 aromatic carbocycles. The predicted octanol–water partition coefficient (Wildman–Crippen LogP) is 4.05. The summed E-state index contributed by atoms with van der Waals surface area (Å²) in [6, 6.07) is 9.15. The molecule has 0 unspecified atom stereocenters. The number of hydrogen-bond acceptors (Lipinski definition) is 7. The summed E-state index contributed by atoms with van der Waals surface area (Å²) >= 11 is 2.57. The monoisotopic (exact) mass is 388 g/mol. The summed E-state index contributed by atoms with van der Waals surface area (Å²) in [7, 11) is 0. The average molecular weight is 388 g/mol. The van der Waals surface area contributed by atoms with Crippen LogP contribution in [0.25, 0.3) is 10.2 Å². The van der Waals surface area contributed by atoms with Gasteiger partial charge in [0.15, 0.2) is 10.8 Å². The minimum Gasteiger partial charge on any atom is -0.466 e. The van der Waals surface area contributed by atoms with Crippen LogP contribution in [0.15, 0.2) is 30.3 Å². The number of Topliss-reactive ketones (excluding diaryl/α,β-unsaturated/α-hetero) is 1. The van der Waals surface area contributed by atoms with Gasteiger partial charge in [-0.1, -0.05) is 12.1 Å². The summed E-state index contributed by atoms with van der Waals surface area (Å²) in [5.74, 6) is -1.34. The first-order valence-corrected chi connectivity index (χ1v) is 9.57. The highest BCUT2D eigenvalue weighted by Gasteiger charge is 2.21. The second kappa shape index (κ2) is 7.76.